The molecule has 0 aliphatic rings. The van der Waals surface area contributed by atoms with Crippen molar-refractivity contribution in [3.63, 3.8) is 0 Å². The molecule has 4 nitrogen and oxygen atoms in total. The molecule has 0 radical (unpaired) electrons. The lowest BCUT2D eigenvalue weighted by Crippen LogP contribution is -2.36. The minimum atomic E-state index is -1.03. The average Bonchev–Trinajstić information content (AvgIpc) is 1.69. The molecule has 0 aliphatic carbocycles. The maximum absolute atomic E-state index is 9.94. The third kappa shape index (κ3) is 1.90. The predicted molar refractivity (Wildman–Crippen MR) is 27.6 cm³/mol. The Morgan fingerprint density at radius 3 is 2.38 bits per heavy atom. The van der Waals surface area contributed by atoms with E-state index in [2.05, 4.69) is 5.32 Å². The molecular weight excluding hydrogens is 110 g/mol. The van der Waals surface area contributed by atoms with Crippen LogP contribution in [0.15, 0.2) is 0 Å². The number of likely N-dealkylation sites (N-methyl/N-ethyl adjacent to an activating group) is 1. The number of aliphatic hydroxyl groups excluding tert-OH is 1. The summed E-state index contributed by atoms with van der Waals surface area (Å²) in [4.78, 5) is 9.94. The molecule has 0 rings (SSSR count). The summed E-state index contributed by atoms with van der Waals surface area (Å²) >= 11 is 0. The molecule has 8 heavy (non-hydrogen) atoms. The number of carboxylic acid groups (broad SMARTS) is 1. The number of carboxylic acids is 1. The van der Waals surface area contributed by atoms with Crippen LogP contribution in [0.1, 0.15) is 0 Å². The summed E-state index contributed by atoms with van der Waals surface area (Å²) in [7, 11) is 1.48. The molecular formula is C4H9NO3. The van der Waals surface area contributed by atoms with Gasteiger partial charge in [0.05, 0.1) is 6.61 Å². The molecule has 0 aromatic carbocycles. The maximum atomic E-state index is 9.94. The van der Waals surface area contributed by atoms with E-state index in [1.54, 1.807) is 0 Å². The molecule has 0 fully saturated rings. The molecule has 3 N–H and O–H groups in total. The Labute approximate surface area is 47.1 Å². The number of nitrogens with one attached hydrogen (secondary N) is 1. The molecule has 0 aliphatic heterocycles. The first-order chi connectivity index (χ1) is 3.72. The van der Waals surface area contributed by atoms with Crippen LogP contribution in [0.25, 0.3) is 0 Å². The third-order valence-corrected chi connectivity index (χ3v) is 0.829. The summed E-state index contributed by atoms with van der Waals surface area (Å²) in [6.45, 7) is -0.369. The molecule has 0 spiro atoms. The van der Waals surface area contributed by atoms with Crippen molar-refractivity contribution in [2.75, 3.05) is 13.7 Å². The Balaban J connectivity index is 3.52. The summed E-state index contributed by atoms with van der Waals surface area (Å²) in [5.74, 6) is -1.03. The van der Waals surface area contributed by atoms with Crippen LogP contribution in [0, 0.1) is 0 Å². The molecule has 0 saturated carbocycles. The highest BCUT2D eigenvalue weighted by Crippen LogP contribution is 1.76. The molecule has 0 amide bonds. The van der Waals surface area contributed by atoms with Gasteiger partial charge in [-0.1, -0.05) is 0 Å². The van der Waals surface area contributed by atoms with Crippen LogP contribution < -0.4 is 5.32 Å². The van der Waals surface area contributed by atoms with Gasteiger partial charge in [-0.2, -0.15) is 0 Å². The topological polar surface area (TPSA) is 69.6 Å². The summed E-state index contributed by atoms with van der Waals surface area (Å²) in [5, 5.41) is 18.8. The maximum Gasteiger partial charge on any atom is 0.323 e. The Morgan fingerprint density at radius 2 is 2.38 bits per heavy atom. The first kappa shape index (κ1) is 7.39. The molecule has 0 aromatic heterocycles. The molecule has 0 bridgehead atoms. The van der Waals surface area contributed by atoms with Crippen LogP contribution in [0.2, 0.25) is 0 Å². The van der Waals surface area contributed by atoms with E-state index < -0.39 is 12.0 Å². The van der Waals surface area contributed by atoms with Crippen molar-refractivity contribution in [1.29, 1.82) is 0 Å². The third-order valence-electron chi connectivity index (χ3n) is 0.829. The number of hydrogen-bond acceptors (Lipinski definition) is 3. The highest BCUT2D eigenvalue weighted by Gasteiger charge is 2.11. The van der Waals surface area contributed by atoms with E-state index in [4.69, 9.17) is 10.2 Å². The monoisotopic (exact) mass is 119 g/mol. The normalized spacial score (nSPS) is 13.2. The van der Waals surface area contributed by atoms with Gasteiger partial charge < -0.3 is 15.5 Å². The van der Waals surface area contributed by atoms with E-state index in [1.165, 1.54) is 7.05 Å². The zero-order valence-electron chi connectivity index (χ0n) is 4.59. The number of hydrogen-bond donors (Lipinski definition) is 3. The van der Waals surface area contributed by atoms with Crippen LogP contribution in [-0.4, -0.2) is 35.9 Å². The quantitative estimate of drug-likeness (QED) is 0.429. The Kier molecular flexibility index (Phi) is 3.14. The van der Waals surface area contributed by atoms with Gasteiger partial charge in [0.1, 0.15) is 6.04 Å². The van der Waals surface area contributed by atoms with Crippen LogP contribution in [-0.2, 0) is 4.79 Å². The molecule has 1 atom stereocenters. The van der Waals surface area contributed by atoms with E-state index in [0.29, 0.717) is 0 Å². The minimum Gasteiger partial charge on any atom is -0.480 e. The van der Waals surface area contributed by atoms with Crippen molar-refractivity contribution in [3.05, 3.63) is 0 Å². The fourth-order valence-corrected chi connectivity index (χ4v) is 0.293. The number of aliphatic carboxylic acids is 1. The zero-order valence-corrected chi connectivity index (χ0v) is 4.59. The van der Waals surface area contributed by atoms with Gasteiger partial charge in [0.15, 0.2) is 0 Å². The standard InChI is InChI=1S/C4H9NO3/c1-5-3(2-6)4(7)8/h3,5-6H,2H2,1H3,(H,7,8). The second-order valence-electron chi connectivity index (χ2n) is 1.36. The molecule has 4 heteroatoms. The Morgan fingerprint density at radius 1 is 1.88 bits per heavy atom. The number of aliphatic hydroxyl groups is 1. The minimum absolute atomic E-state index is 0.369. The predicted octanol–water partition coefficient (Wildman–Crippen LogP) is -1.35. The van der Waals surface area contributed by atoms with Crippen molar-refractivity contribution in [3.8, 4) is 0 Å². The fraction of sp³-hybridized carbons (Fsp3) is 0.750. The Hall–Kier alpha value is -0.610. The highest BCUT2D eigenvalue weighted by atomic mass is 16.4. The zero-order chi connectivity index (χ0) is 6.57. The first-order valence-electron chi connectivity index (χ1n) is 2.23. The average molecular weight is 119 g/mol. The van der Waals surface area contributed by atoms with Crippen LogP contribution in [0.3, 0.4) is 0 Å². The molecule has 48 valence electrons. The first-order valence-corrected chi connectivity index (χ1v) is 2.23. The van der Waals surface area contributed by atoms with Gasteiger partial charge in [-0.3, -0.25) is 4.79 Å². The molecule has 0 heterocycles. The smallest absolute Gasteiger partial charge is 0.323 e. The number of rotatable bonds is 3. The van der Waals surface area contributed by atoms with Crippen molar-refractivity contribution in [1.82, 2.24) is 5.32 Å². The highest BCUT2D eigenvalue weighted by molar-refractivity contribution is 5.73. The molecule has 0 saturated heterocycles. The summed E-state index contributed by atoms with van der Waals surface area (Å²) in [5.41, 5.74) is 0. The van der Waals surface area contributed by atoms with Gasteiger partial charge in [0.2, 0.25) is 0 Å². The lowest BCUT2D eigenvalue weighted by molar-refractivity contribution is -0.140. The second kappa shape index (κ2) is 3.40. The largest absolute Gasteiger partial charge is 0.480 e. The summed E-state index contributed by atoms with van der Waals surface area (Å²) in [6, 6.07) is -0.824. The van der Waals surface area contributed by atoms with Gasteiger partial charge in [-0.25, -0.2) is 0 Å². The Bertz CT molecular complexity index is 79.4. The second-order valence-corrected chi connectivity index (χ2v) is 1.36. The van der Waals surface area contributed by atoms with Crippen molar-refractivity contribution >= 4 is 5.97 Å². The van der Waals surface area contributed by atoms with Crippen molar-refractivity contribution in [2.24, 2.45) is 0 Å². The van der Waals surface area contributed by atoms with E-state index in [0.717, 1.165) is 0 Å². The number of carbonyl (C=O) groups is 1. The van der Waals surface area contributed by atoms with Crippen LogP contribution in [0.5, 0.6) is 0 Å². The van der Waals surface area contributed by atoms with Crippen LogP contribution in [0.4, 0.5) is 0 Å². The van der Waals surface area contributed by atoms with Gasteiger partial charge in [0.25, 0.3) is 0 Å². The molecule has 0 aromatic rings. The van der Waals surface area contributed by atoms with Gasteiger partial charge in [0, 0.05) is 0 Å². The van der Waals surface area contributed by atoms with Gasteiger partial charge >= 0.3 is 5.97 Å². The lowest BCUT2D eigenvalue weighted by atomic mass is 10.3. The lowest BCUT2D eigenvalue weighted by Gasteiger charge is -2.04. The van der Waals surface area contributed by atoms with E-state index >= 15 is 0 Å². The van der Waals surface area contributed by atoms with E-state index in [-0.39, 0.29) is 6.61 Å². The van der Waals surface area contributed by atoms with Crippen molar-refractivity contribution < 1.29 is 15.0 Å². The summed E-state index contributed by atoms with van der Waals surface area (Å²) in [6.07, 6.45) is 0. The van der Waals surface area contributed by atoms with E-state index in [1.807, 2.05) is 0 Å². The summed E-state index contributed by atoms with van der Waals surface area (Å²) < 4.78 is 0. The van der Waals surface area contributed by atoms with E-state index in [9.17, 15) is 4.79 Å². The SMILES string of the molecule is CNC(CO)C(=O)O. The van der Waals surface area contributed by atoms with Crippen LogP contribution >= 0.6 is 0 Å². The van der Waals surface area contributed by atoms with Crippen molar-refractivity contribution in [2.45, 2.75) is 6.04 Å². The van der Waals surface area contributed by atoms with Gasteiger partial charge in [-0.05, 0) is 7.05 Å². The van der Waals surface area contributed by atoms with Gasteiger partial charge in [-0.15, -0.1) is 0 Å². The molecule has 1 unspecified atom stereocenters. The fourth-order valence-electron chi connectivity index (χ4n) is 0.293.